The van der Waals surface area contributed by atoms with Gasteiger partial charge in [0, 0.05) is 41.9 Å². The van der Waals surface area contributed by atoms with Gasteiger partial charge < -0.3 is 10.6 Å². The van der Waals surface area contributed by atoms with Crippen LogP contribution in [0.5, 0.6) is 0 Å². The molecule has 0 unspecified atom stereocenters. The first-order valence-corrected chi connectivity index (χ1v) is 13.5. The number of pyridine rings is 1. The number of nitrogens with zero attached hydrogens (tertiary/aromatic N) is 2. The zero-order valence-electron chi connectivity index (χ0n) is 21.7. The van der Waals surface area contributed by atoms with Crippen LogP contribution < -0.4 is 10.6 Å². The number of hydrogen-bond acceptors (Lipinski definition) is 3. The highest BCUT2D eigenvalue weighted by atomic mass is 15.1. The van der Waals surface area contributed by atoms with Gasteiger partial charge in [-0.2, -0.15) is 0 Å². The number of benzene rings is 4. The van der Waals surface area contributed by atoms with Crippen LogP contribution in [0, 0.1) is 0 Å². The van der Waals surface area contributed by atoms with E-state index in [1.54, 1.807) is 11.1 Å². The monoisotopic (exact) mass is 495 g/mol. The summed E-state index contributed by atoms with van der Waals surface area (Å²) in [5, 5.41) is 5.23. The van der Waals surface area contributed by atoms with Crippen LogP contribution in [-0.2, 0) is 19.3 Å². The lowest BCUT2D eigenvalue weighted by Crippen LogP contribution is -2.22. The summed E-state index contributed by atoms with van der Waals surface area (Å²) < 4.78 is 0. The lowest BCUT2D eigenvalue weighted by molar-refractivity contribution is 0.690. The molecule has 188 valence electrons. The minimum Gasteiger partial charge on any atom is -0.398 e. The second kappa shape index (κ2) is 10.9. The zero-order valence-corrected chi connectivity index (χ0v) is 21.7. The summed E-state index contributed by atoms with van der Waals surface area (Å²) in [6, 6.07) is 29.8. The van der Waals surface area contributed by atoms with Gasteiger partial charge in [0.25, 0.3) is 0 Å². The predicted octanol–water partition coefficient (Wildman–Crippen LogP) is 8.04. The molecule has 2 heterocycles. The van der Waals surface area contributed by atoms with Gasteiger partial charge in [0.15, 0.2) is 0 Å². The fraction of sp³-hybridized carbons (Fsp3) is 0.171. The largest absolute Gasteiger partial charge is 0.398 e. The van der Waals surface area contributed by atoms with Gasteiger partial charge in [0.05, 0.1) is 0 Å². The van der Waals surface area contributed by atoms with Crippen molar-refractivity contribution in [2.75, 3.05) is 17.2 Å². The van der Waals surface area contributed by atoms with E-state index >= 15 is 0 Å². The first kappa shape index (κ1) is 24.0. The van der Waals surface area contributed by atoms with E-state index in [0.717, 1.165) is 18.7 Å². The quantitative estimate of drug-likeness (QED) is 0.203. The highest BCUT2D eigenvalue weighted by Gasteiger charge is 2.14. The van der Waals surface area contributed by atoms with Crippen LogP contribution in [0.4, 0.5) is 11.4 Å². The summed E-state index contributed by atoms with van der Waals surface area (Å²) in [6.07, 6.45) is 16.3. The summed E-state index contributed by atoms with van der Waals surface area (Å²) in [5.41, 5.74) is 14.0. The average molecular weight is 496 g/mol. The average Bonchev–Trinajstić information content (AvgIpc) is 2.98. The molecule has 1 aliphatic heterocycles. The normalized spacial score (nSPS) is 14.5. The van der Waals surface area contributed by atoms with E-state index in [1.807, 2.05) is 30.6 Å². The Balaban J connectivity index is 0.000000139. The van der Waals surface area contributed by atoms with Gasteiger partial charge in [-0.05, 0) is 101 Å². The molecular formula is C35H33N3. The number of aromatic nitrogens is 1. The molecule has 3 nitrogen and oxygen atoms in total. The minimum absolute atomic E-state index is 0.872. The fourth-order valence-electron chi connectivity index (χ4n) is 5.74. The molecule has 0 fully saturated rings. The molecule has 0 amide bonds. The molecular weight excluding hydrogens is 462 g/mol. The number of rotatable bonds is 3. The van der Waals surface area contributed by atoms with Crippen LogP contribution in [0.2, 0.25) is 0 Å². The number of anilines is 2. The van der Waals surface area contributed by atoms with Gasteiger partial charge in [0.2, 0.25) is 0 Å². The molecule has 0 saturated heterocycles. The Morgan fingerprint density at radius 2 is 1.55 bits per heavy atom. The summed E-state index contributed by atoms with van der Waals surface area (Å²) in [4.78, 5) is 6.44. The number of nitrogen functional groups attached to an aromatic ring is 1. The van der Waals surface area contributed by atoms with Crippen molar-refractivity contribution in [2.45, 2.75) is 32.1 Å². The highest BCUT2D eigenvalue weighted by molar-refractivity contribution is 6.12. The van der Waals surface area contributed by atoms with Gasteiger partial charge in [-0.3, -0.25) is 4.98 Å². The summed E-state index contributed by atoms with van der Waals surface area (Å²) >= 11 is 0. The molecule has 2 aliphatic rings. The van der Waals surface area contributed by atoms with E-state index in [-0.39, 0.29) is 0 Å². The summed E-state index contributed by atoms with van der Waals surface area (Å²) in [7, 11) is 0. The van der Waals surface area contributed by atoms with Gasteiger partial charge in [-0.1, -0.05) is 66.7 Å². The summed E-state index contributed by atoms with van der Waals surface area (Å²) in [6.45, 7) is 0.940. The van der Waals surface area contributed by atoms with Crippen LogP contribution in [0.25, 0.3) is 21.5 Å². The Bertz CT molecular complexity index is 1620. The molecule has 1 aromatic heterocycles. The number of nitrogens with two attached hydrogens (primary N) is 1. The molecule has 1 aliphatic carbocycles. The molecule has 0 spiro atoms. The molecule has 2 N–H and O–H groups in total. The van der Waals surface area contributed by atoms with Crippen molar-refractivity contribution in [1.29, 1.82) is 0 Å². The van der Waals surface area contributed by atoms with Crippen LogP contribution in [0.3, 0.4) is 0 Å². The van der Waals surface area contributed by atoms with Crippen molar-refractivity contribution >= 4 is 32.9 Å². The number of fused-ring (bicyclic) bond motifs is 5. The number of para-hydroxylation sites is 1. The van der Waals surface area contributed by atoms with E-state index in [1.165, 1.54) is 64.1 Å². The van der Waals surface area contributed by atoms with Crippen molar-refractivity contribution in [3.8, 4) is 0 Å². The Labute approximate surface area is 224 Å². The summed E-state index contributed by atoms with van der Waals surface area (Å²) in [5.74, 6) is 0. The SMILES string of the molecule is C1=CN(c2ccccc2)CC(Cc2cccnc2)=C1.Nc1cccc2c1ccc1c3c(ccc12)CCCC3. The van der Waals surface area contributed by atoms with Crippen molar-refractivity contribution in [3.05, 3.63) is 138 Å². The molecule has 0 bridgehead atoms. The molecule has 7 rings (SSSR count). The van der Waals surface area contributed by atoms with E-state index in [2.05, 4.69) is 95.0 Å². The molecule has 4 aromatic carbocycles. The van der Waals surface area contributed by atoms with Crippen molar-refractivity contribution in [1.82, 2.24) is 4.98 Å². The van der Waals surface area contributed by atoms with Gasteiger partial charge in [-0.15, -0.1) is 0 Å². The second-order valence-electron chi connectivity index (χ2n) is 10.2. The standard InChI is InChI=1S/C18H17N.C17H16N2/c19-18-7-3-6-14-16-9-8-12-4-1-2-5-13(12)15(16)10-11-17(14)18;1-2-8-17(9-3-1)19-11-5-7-16(14-19)12-15-6-4-10-18-13-15/h3,6-11H,1-2,4-5,19H2;1-11,13H,12,14H2. The molecule has 0 atom stereocenters. The van der Waals surface area contributed by atoms with Crippen molar-refractivity contribution < 1.29 is 0 Å². The number of aryl methyl sites for hydroxylation is 2. The van der Waals surface area contributed by atoms with Crippen LogP contribution >= 0.6 is 0 Å². The molecule has 0 saturated carbocycles. The Morgan fingerprint density at radius 3 is 2.42 bits per heavy atom. The van der Waals surface area contributed by atoms with Gasteiger partial charge >= 0.3 is 0 Å². The zero-order chi connectivity index (χ0) is 25.7. The highest BCUT2D eigenvalue weighted by Crippen LogP contribution is 2.34. The van der Waals surface area contributed by atoms with Gasteiger partial charge in [-0.25, -0.2) is 0 Å². The first-order valence-electron chi connectivity index (χ1n) is 13.5. The van der Waals surface area contributed by atoms with Crippen LogP contribution in [-0.4, -0.2) is 11.5 Å². The Hall–Kier alpha value is -4.37. The Morgan fingerprint density at radius 1 is 0.737 bits per heavy atom. The minimum atomic E-state index is 0.872. The number of allylic oxidation sites excluding steroid dienone is 2. The third kappa shape index (κ3) is 5.05. The third-order valence-corrected chi connectivity index (χ3v) is 7.64. The van der Waals surface area contributed by atoms with E-state index in [0.29, 0.717) is 0 Å². The topological polar surface area (TPSA) is 42.2 Å². The first-order chi connectivity index (χ1) is 18.8. The van der Waals surface area contributed by atoms with Crippen LogP contribution in [0.1, 0.15) is 29.5 Å². The molecule has 0 radical (unpaired) electrons. The molecule has 5 aromatic rings. The van der Waals surface area contributed by atoms with Crippen LogP contribution in [0.15, 0.2) is 121 Å². The smallest absolute Gasteiger partial charge is 0.0441 e. The Kier molecular flexibility index (Phi) is 6.91. The lowest BCUT2D eigenvalue weighted by Gasteiger charge is -2.24. The maximum Gasteiger partial charge on any atom is 0.0441 e. The predicted molar refractivity (Wildman–Crippen MR) is 161 cm³/mol. The van der Waals surface area contributed by atoms with Crippen molar-refractivity contribution in [2.24, 2.45) is 0 Å². The number of hydrogen-bond donors (Lipinski definition) is 1. The fourth-order valence-corrected chi connectivity index (χ4v) is 5.74. The maximum absolute atomic E-state index is 6.09. The third-order valence-electron chi connectivity index (χ3n) is 7.64. The van der Waals surface area contributed by atoms with Crippen molar-refractivity contribution in [3.63, 3.8) is 0 Å². The van der Waals surface area contributed by atoms with E-state index in [4.69, 9.17) is 5.73 Å². The van der Waals surface area contributed by atoms with E-state index < -0.39 is 0 Å². The van der Waals surface area contributed by atoms with Gasteiger partial charge in [0.1, 0.15) is 0 Å². The molecule has 38 heavy (non-hydrogen) atoms. The van der Waals surface area contributed by atoms with E-state index in [9.17, 15) is 0 Å². The molecule has 3 heteroatoms. The second-order valence-corrected chi connectivity index (χ2v) is 10.2. The lowest BCUT2D eigenvalue weighted by atomic mass is 9.86. The maximum atomic E-state index is 6.09.